The van der Waals surface area contributed by atoms with Gasteiger partial charge in [0.25, 0.3) is 0 Å². The topological polar surface area (TPSA) is 54.9 Å². The molecule has 0 aromatic carbocycles. The van der Waals surface area contributed by atoms with Crippen LogP contribution in [0.25, 0.3) is 0 Å². The van der Waals surface area contributed by atoms with Crippen LogP contribution in [0.1, 0.15) is 44.7 Å². The van der Waals surface area contributed by atoms with Crippen LogP contribution in [0.5, 0.6) is 0 Å². The lowest BCUT2D eigenvalue weighted by Gasteiger charge is -2.27. The van der Waals surface area contributed by atoms with E-state index in [4.69, 9.17) is 0 Å². The lowest BCUT2D eigenvalue weighted by atomic mass is 9.81. The molecule has 0 atom stereocenters. The fourth-order valence-electron chi connectivity index (χ4n) is 2.78. The second-order valence-electron chi connectivity index (χ2n) is 5.87. The molecule has 1 aromatic rings. The molecule has 1 aliphatic carbocycles. The maximum Gasteiger partial charge on any atom is 0.230 e. The lowest BCUT2D eigenvalue weighted by molar-refractivity contribution is -0.118. The monoisotopic (exact) mass is 307 g/mol. The maximum absolute atomic E-state index is 11.9. The zero-order valence-corrected chi connectivity index (χ0v) is 13.8. The summed E-state index contributed by atoms with van der Waals surface area (Å²) in [4.78, 5) is 20.3. The van der Waals surface area contributed by atoms with Gasteiger partial charge < -0.3 is 5.32 Å². The number of aryl methyl sites for hydroxylation is 1. The van der Waals surface area contributed by atoms with E-state index in [2.05, 4.69) is 22.2 Å². The molecule has 0 saturated heterocycles. The van der Waals surface area contributed by atoms with Crippen molar-refractivity contribution in [2.45, 2.75) is 51.1 Å². The Morgan fingerprint density at radius 1 is 1.33 bits per heavy atom. The quantitative estimate of drug-likeness (QED) is 0.647. The molecular weight excluding hydrogens is 282 g/mol. The number of nitrogens with one attached hydrogen (secondary N) is 1. The average molecular weight is 307 g/mol. The molecular formula is C16H25N3OS. The zero-order valence-electron chi connectivity index (χ0n) is 13.0. The molecule has 116 valence electrons. The molecule has 1 amide bonds. The van der Waals surface area contributed by atoms with Crippen molar-refractivity contribution in [1.29, 1.82) is 0 Å². The van der Waals surface area contributed by atoms with E-state index in [0.717, 1.165) is 18.2 Å². The van der Waals surface area contributed by atoms with Crippen LogP contribution in [0.2, 0.25) is 0 Å². The zero-order chi connectivity index (χ0) is 15.1. The second-order valence-corrected chi connectivity index (χ2v) is 6.81. The minimum absolute atomic E-state index is 0.0859. The van der Waals surface area contributed by atoms with Gasteiger partial charge in [-0.05, 0) is 37.7 Å². The highest BCUT2D eigenvalue weighted by molar-refractivity contribution is 7.99. The van der Waals surface area contributed by atoms with Gasteiger partial charge >= 0.3 is 0 Å². The number of carbonyl (C=O) groups is 1. The molecule has 0 spiro atoms. The first-order valence-corrected chi connectivity index (χ1v) is 8.85. The van der Waals surface area contributed by atoms with Gasteiger partial charge in [-0.25, -0.2) is 9.97 Å². The Labute approximate surface area is 131 Å². The highest BCUT2D eigenvalue weighted by atomic mass is 32.2. The van der Waals surface area contributed by atoms with Crippen LogP contribution in [0.3, 0.4) is 0 Å². The predicted molar refractivity (Wildman–Crippen MR) is 86.2 cm³/mol. The van der Waals surface area contributed by atoms with Gasteiger partial charge in [0, 0.05) is 18.4 Å². The number of aromatic nitrogens is 2. The van der Waals surface area contributed by atoms with Crippen molar-refractivity contribution < 1.29 is 4.79 Å². The van der Waals surface area contributed by atoms with Gasteiger partial charge in [0.15, 0.2) is 5.16 Å². The summed E-state index contributed by atoms with van der Waals surface area (Å²) in [7, 11) is 0. The van der Waals surface area contributed by atoms with E-state index >= 15 is 0 Å². The number of thioether (sulfide) groups is 1. The van der Waals surface area contributed by atoms with Crippen molar-refractivity contribution in [2.24, 2.45) is 11.8 Å². The highest BCUT2D eigenvalue weighted by Gasteiger charge is 2.20. The molecule has 0 bridgehead atoms. The Bertz CT molecular complexity index is 459. The summed E-state index contributed by atoms with van der Waals surface area (Å²) in [6.45, 7) is 5.03. The maximum atomic E-state index is 11.9. The van der Waals surface area contributed by atoms with Crippen LogP contribution in [0.4, 0.5) is 0 Å². The highest BCUT2D eigenvalue weighted by Crippen LogP contribution is 2.30. The predicted octanol–water partition coefficient (Wildman–Crippen LogP) is 3.21. The lowest BCUT2D eigenvalue weighted by Crippen LogP contribution is -2.32. The van der Waals surface area contributed by atoms with Crippen molar-refractivity contribution in [2.75, 3.05) is 12.3 Å². The number of hydrogen-bond donors (Lipinski definition) is 1. The summed E-state index contributed by atoms with van der Waals surface area (Å²) < 4.78 is 0. The number of hydrogen-bond acceptors (Lipinski definition) is 4. The number of amides is 1. The molecule has 1 N–H and O–H groups in total. The smallest absolute Gasteiger partial charge is 0.230 e. The molecule has 1 fully saturated rings. The van der Waals surface area contributed by atoms with Gasteiger partial charge in [-0.15, -0.1) is 0 Å². The SMILES string of the molecule is CCC1CCC(CNC(=O)CSc2nccc(C)n2)CC1. The summed E-state index contributed by atoms with van der Waals surface area (Å²) in [6, 6.07) is 1.86. The molecule has 1 heterocycles. The van der Waals surface area contributed by atoms with E-state index in [1.165, 1.54) is 43.9 Å². The summed E-state index contributed by atoms with van der Waals surface area (Å²) >= 11 is 1.40. The van der Waals surface area contributed by atoms with Crippen LogP contribution in [0.15, 0.2) is 17.4 Å². The Hall–Kier alpha value is -1.10. The molecule has 1 aromatic heterocycles. The minimum atomic E-state index is 0.0859. The summed E-state index contributed by atoms with van der Waals surface area (Å²) in [6.07, 6.45) is 8.19. The van der Waals surface area contributed by atoms with Gasteiger partial charge in [-0.2, -0.15) is 0 Å². The van der Waals surface area contributed by atoms with E-state index in [-0.39, 0.29) is 5.91 Å². The minimum Gasteiger partial charge on any atom is -0.355 e. The number of nitrogens with zero attached hydrogens (tertiary/aromatic N) is 2. The molecule has 2 rings (SSSR count). The molecule has 0 aliphatic heterocycles. The Kier molecular flexibility index (Phi) is 6.49. The first-order valence-electron chi connectivity index (χ1n) is 7.86. The standard InChI is InChI=1S/C16H25N3OS/c1-3-13-4-6-14(7-5-13)10-18-15(20)11-21-16-17-9-8-12(2)19-16/h8-9,13-14H,3-7,10-11H2,1-2H3,(H,18,20). The molecule has 1 aliphatic rings. The molecule has 4 nitrogen and oxygen atoms in total. The third-order valence-electron chi connectivity index (χ3n) is 4.24. The van der Waals surface area contributed by atoms with Crippen LogP contribution in [-0.4, -0.2) is 28.2 Å². The Morgan fingerprint density at radius 2 is 2.05 bits per heavy atom. The van der Waals surface area contributed by atoms with E-state index in [0.29, 0.717) is 16.8 Å². The first-order chi connectivity index (χ1) is 10.2. The van der Waals surface area contributed by atoms with Crippen molar-refractivity contribution in [3.8, 4) is 0 Å². The summed E-state index contributed by atoms with van der Waals surface area (Å²) in [5.41, 5.74) is 0.931. The fraction of sp³-hybridized carbons (Fsp3) is 0.688. The Balaban J connectivity index is 1.64. The molecule has 0 unspecified atom stereocenters. The van der Waals surface area contributed by atoms with Crippen molar-refractivity contribution in [3.05, 3.63) is 18.0 Å². The van der Waals surface area contributed by atoms with Gasteiger partial charge in [0.05, 0.1) is 5.75 Å². The number of carbonyl (C=O) groups excluding carboxylic acids is 1. The Morgan fingerprint density at radius 3 is 2.71 bits per heavy atom. The summed E-state index contributed by atoms with van der Waals surface area (Å²) in [5.74, 6) is 2.05. The van der Waals surface area contributed by atoms with E-state index in [1.54, 1.807) is 6.20 Å². The van der Waals surface area contributed by atoms with E-state index in [1.807, 2.05) is 13.0 Å². The van der Waals surface area contributed by atoms with Gasteiger partial charge in [0.1, 0.15) is 0 Å². The molecule has 0 radical (unpaired) electrons. The van der Waals surface area contributed by atoms with Gasteiger partial charge in [0.2, 0.25) is 5.91 Å². The van der Waals surface area contributed by atoms with Gasteiger partial charge in [-0.1, -0.05) is 37.9 Å². The van der Waals surface area contributed by atoms with Crippen LogP contribution < -0.4 is 5.32 Å². The van der Waals surface area contributed by atoms with Crippen LogP contribution in [0, 0.1) is 18.8 Å². The van der Waals surface area contributed by atoms with Crippen LogP contribution >= 0.6 is 11.8 Å². The molecule has 5 heteroatoms. The third kappa shape index (κ3) is 5.65. The average Bonchev–Trinajstić information content (AvgIpc) is 2.51. The normalized spacial score (nSPS) is 22.0. The van der Waals surface area contributed by atoms with Crippen molar-refractivity contribution in [3.63, 3.8) is 0 Å². The first kappa shape index (κ1) is 16.3. The third-order valence-corrected chi connectivity index (χ3v) is 5.10. The van der Waals surface area contributed by atoms with Crippen LogP contribution in [-0.2, 0) is 4.79 Å². The molecule has 21 heavy (non-hydrogen) atoms. The van der Waals surface area contributed by atoms with Gasteiger partial charge in [-0.3, -0.25) is 4.79 Å². The number of rotatable bonds is 6. The largest absolute Gasteiger partial charge is 0.355 e. The van der Waals surface area contributed by atoms with Crippen molar-refractivity contribution in [1.82, 2.24) is 15.3 Å². The van der Waals surface area contributed by atoms with Crippen molar-refractivity contribution >= 4 is 17.7 Å². The second kappa shape index (κ2) is 8.37. The van der Waals surface area contributed by atoms with E-state index in [9.17, 15) is 4.79 Å². The van der Waals surface area contributed by atoms with E-state index < -0.39 is 0 Å². The molecule has 1 saturated carbocycles. The summed E-state index contributed by atoms with van der Waals surface area (Å²) in [5, 5.41) is 3.73. The fourth-order valence-corrected chi connectivity index (χ4v) is 3.48.